The average molecular weight is 319 g/mol. The predicted molar refractivity (Wildman–Crippen MR) is 97.1 cm³/mol. The topological polar surface area (TPSA) is 29.5 Å². The molecule has 3 aromatic rings. The lowest BCUT2D eigenvalue weighted by Gasteiger charge is -2.18. The number of hydrogen-bond donors (Lipinski definition) is 0. The van der Waals surface area contributed by atoms with E-state index in [1.165, 1.54) is 16.3 Å². The Labute approximate surface area is 142 Å². The summed E-state index contributed by atoms with van der Waals surface area (Å²) in [7, 11) is 1.81. The molecule has 0 fully saturated rings. The van der Waals surface area contributed by atoms with Crippen LogP contribution >= 0.6 is 0 Å². The molecule has 0 aliphatic rings. The Hall–Kier alpha value is -2.81. The fourth-order valence-electron chi connectivity index (χ4n) is 2.66. The maximum atomic E-state index is 12.3. The number of ether oxygens (including phenoxy) is 1. The Kier molecular flexibility index (Phi) is 4.80. The summed E-state index contributed by atoms with van der Waals surface area (Å²) in [5.74, 6) is 0.677. The Bertz CT molecular complexity index is 835. The highest BCUT2D eigenvalue weighted by atomic mass is 16.5. The largest absolute Gasteiger partial charge is 0.484 e. The highest BCUT2D eigenvalue weighted by molar-refractivity contribution is 5.86. The number of aryl methyl sites for hydroxylation is 1. The molecule has 0 aromatic heterocycles. The van der Waals surface area contributed by atoms with Gasteiger partial charge in [-0.3, -0.25) is 4.79 Å². The van der Waals surface area contributed by atoms with Gasteiger partial charge in [0.05, 0.1) is 0 Å². The molecule has 0 aliphatic heterocycles. The van der Waals surface area contributed by atoms with Crippen LogP contribution in [0, 0.1) is 6.92 Å². The van der Waals surface area contributed by atoms with Gasteiger partial charge in [0.15, 0.2) is 6.61 Å². The molecule has 0 radical (unpaired) electrons. The molecule has 3 rings (SSSR count). The molecule has 122 valence electrons. The molecule has 0 heterocycles. The first-order valence-corrected chi connectivity index (χ1v) is 8.03. The van der Waals surface area contributed by atoms with E-state index in [1.54, 1.807) is 4.90 Å². The van der Waals surface area contributed by atoms with Crippen LogP contribution in [0.15, 0.2) is 66.7 Å². The van der Waals surface area contributed by atoms with Gasteiger partial charge in [-0.2, -0.15) is 0 Å². The van der Waals surface area contributed by atoms with Crippen molar-refractivity contribution in [3.05, 3.63) is 77.9 Å². The first-order chi connectivity index (χ1) is 11.6. The van der Waals surface area contributed by atoms with Gasteiger partial charge >= 0.3 is 0 Å². The maximum absolute atomic E-state index is 12.3. The zero-order valence-electron chi connectivity index (χ0n) is 14.0. The van der Waals surface area contributed by atoms with E-state index in [2.05, 4.69) is 24.3 Å². The van der Waals surface area contributed by atoms with Gasteiger partial charge in [-0.05, 0) is 35.4 Å². The van der Waals surface area contributed by atoms with E-state index >= 15 is 0 Å². The number of benzene rings is 3. The van der Waals surface area contributed by atoms with Crippen LogP contribution in [0.25, 0.3) is 10.8 Å². The monoisotopic (exact) mass is 319 g/mol. The third kappa shape index (κ3) is 3.74. The maximum Gasteiger partial charge on any atom is 0.260 e. The number of hydrogen-bond acceptors (Lipinski definition) is 2. The van der Waals surface area contributed by atoms with Crippen molar-refractivity contribution in [2.45, 2.75) is 13.5 Å². The molecule has 1 amide bonds. The molecule has 0 saturated carbocycles. The SMILES string of the molecule is Cc1ccc(OCC(=O)N(C)Cc2cccc3ccccc23)cc1. The van der Waals surface area contributed by atoms with Gasteiger partial charge in [0.25, 0.3) is 5.91 Å². The fraction of sp³-hybridized carbons (Fsp3) is 0.190. The number of rotatable bonds is 5. The van der Waals surface area contributed by atoms with Gasteiger partial charge in [0.2, 0.25) is 0 Å². The summed E-state index contributed by atoms with van der Waals surface area (Å²) < 4.78 is 5.58. The standard InChI is InChI=1S/C21H21NO2/c1-16-10-12-19(13-11-16)24-15-21(23)22(2)14-18-8-5-7-17-6-3-4-9-20(17)18/h3-13H,14-15H2,1-2H3. The van der Waals surface area contributed by atoms with E-state index in [0.717, 1.165) is 5.56 Å². The second-order valence-electron chi connectivity index (χ2n) is 5.99. The lowest BCUT2D eigenvalue weighted by molar-refractivity contribution is -0.132. The first kappa shape index (κ1) is 16.1. The van der Waals surface area contributed by atoms with Crippen LogP contribution in [0.5, 0.6) is 5.75 Å². The predicted octanol–water partition coefficient (Wildman–Crippen LogP) is 4.19. The van der Waals surface area contributed by atoms with Crippen molar-refractivity contribution in [1.82, 2.24) is 4.90 Å². The Balaban J connectivity index is 1.64. The van der Waals surface area contributed by atoms with Crippen molar-refractivity contribution in [3.8, 4) is 5.75 Å². The molecule has 24 heavy (non-hydrogen) atoms. The zero-order chi connectivity index (χ0) is 16.9. The van der Waals surface area contributed by atoms with Gasteiger partial charge in [0, 0.05) is 13.6 Å². The van der Waals surface area contributed by atoms with E-state index in [-0.39, 0.29) is 12.5 Å². The number of fused-ring (bicyclic) bond motifs is 1. The summed E-state index contributed by atoms with van der Waals surface area (Å²) in [6, 6.07) is 22.1. The average Bonchev–Trinajstić information content (AvgIpc) is 2.61. The van der Waals surface area contributed by atoms with Gasteiger partial charge in [0.1, 0.15) is 5.75 Å². The molecule has 0 bridgehead atoms. The highest BCUT2D eigenvalue weighted by Gasteiger charge is 2.11. The summed E-state index contributed by atoms with van der Waals surface area (Å²) >= 11 is 0. The normalized spacial score (nSPS) is 10.6. The Morgan fingerprint density at radius 1 is 0.958 bits per heavy atom. The zero-order valence-corrected chi connectivity index (χ0v) is 14.0. The van der Waals surface area contributed by atoms with E-state index in [1.807, 2.05) is 56.4 Å². The lowest BCUT2D eigenvalue weighted by Crippen LogP contribution is -2.31. The number of nitrogens with zero attached hydrogens (tertiary/aromatic N) is 1. The number of carbonyl (C=O) groups is 1. The minimum Gasteiger partial charge on any atom is -0.484 e. The van der Waals surface area contributed by atoms with E-state index in [9.17, 15) is 4.79 Å². The first-order valence-electron chi connectivity index (χ1n) is 8.03. The van der Waals surface area contributed by atoms with E-state index < -0.39 is 0 Å². The third-order valence-electron chi connectivity index (χ3n) is 4.10. The molecule has 0 aliphatic carbocycles. The highest BCUT2D eigenvalue weighted by Crippen LogP contribution is 2.19. The Morgan fingerprint density at radius 3 is 2.46 bits per heavy atom. The number of amides is 1. The molecule has 0 N–H and O–H groups in total. The lowest BCUT2D eigenvalue weighted by atomic mass is 10.0. The van der Waals surface area contributed by atoms with Crippen LogP contribution in [-0.2, 0) is 11.3 Å². The number of carbonyl (C=O) groups excluding carboxylic acids is 1. The van der Waals surface area contributed by atoms with Gasteiger partial charge in [-0.25, -0.2) is 0 Å². The fourth-order valence-corrected chi connectivity index (χ4v) is 2.66. The van der Waals surface area contributed by atoms with Crippen LogP contribution in [0.4, 0.5) is 0 Å². The quantitative estimate of drug-likeness (QED) is 0.706. The van der Waals surface area contributed by atoms with Crippen LogP contribution < -0.4 is 4.74 Å². The minimum absolute atomic E-state index is 0.0384. The van der Waals surface area contributed by atoms with Crippen LogP contribution in [0.3, 0.4) is 0 Å². The second-order valence-corrected chi connectivity index (χ2v) is 5.99. The van der Waals surface area contributed by atoms with Crippen molar-refractivity contribution >= 4 is 16.7 Å². The summed E-state index contributed by atoms with van der Waals surface area (Å²) in [6.07, 6.45) is 0. The van der Waals surface area contributed by atoms with Crippen molar-refractivity contribution in [1.29, 1.82) is 0 Å². The molecular weight excluding hydrogens is 298 g/mol. The summed E-state index contributed by atoms with van der Waals surface area (Å²) in [5, 5.41) is 2.37. The molecule has 0 saturated heterocycles. The molecule has 0 atom stereocenters. The smallest absolute Gasteiger partial charge is 0.260 e. The van der Waals surface area contributed by atoms with Gasteiger partial charge < -0.3 is 9.64 Å². The number of likely N-dealkylation sites (N-methyl/N-ethyl adjacent to an activating group) is 1. The molecule has 3 aromatic carbocycles. The molecule has 0 unspecified atom stereocenters. The van der Waals surface area contributed by atoms with Crippen LogP contribution in [0.2, 0.25) is 0 Å². The summed E-state index contributed by atoms with van der Waals surface area (Å²) in [5.41, 5.74) is 2.31. The van der Waals surface area contributed by atoms with E-state index in [4.69, 9.17) is 4.74 Å². The Morgan fingerprint density at radius 2 is 1.67 bits per heavy atom. The van der Waals surface area contributed by atoms with Crippen molar-refractivity contribution < 1.29 is 9.53 Å². The van der Waals surface area contributed by atoms with Crippen molar-refractivity contribution in [2.24, 2.45) is 0 Å². The molecule has 3 nitrogen and oxygen atoms in total. The summed E-state index contributed by atoms with van der Waals surface area (Å²) in [6.45, 7) is 2.63. The van der Waals surface area contributed by atoms with Crippen LogP contribution in [0.1, 0.15) is 11.1 Å². The minimum atomic E-state index is -0.0384. The molecular formula is C21H21NO2. The van der Waals surface area contributed by atoms with Gasteiger partial charge in [-0.15, -0.1) is 0 Å². The molecule has 0 spiro atoms. The van der Waals surface area contributed by atoms with Crippen LogP contribution in [-0.4, -0.2) is 24.5 Å². The third-order valence-corrected chi connectivity index (χ3v) is 4.10. The second kappa shape index (κ2) is 7.18. The van der Waals surface area contributed by atoms with Crippen molar-refractivity contribution in [3.63, 3.8) is 0 Å². The summed E-state index contributed by atoms with van der Waals surface area (Å²) in [4.78, 5) is 14.0. The van der Waals surface area contributed by atoms with Crippen molar-refractivity contribution in [2.75, 3.05) is 13.7 Å². The van der Waals surface area contributed by atoms with Gasteiger partial charge in [-0.1, -0.05) is 60.2 Å². The molecule has 3 heteroatoms. The van der Waals surface area contributed by atoms with E-state index in [0.29, 0.717) is 12.3 Å².